The molecule has 10 heavy (non-hydrogen) atoms. The zero-order valence-electron chi connectivity index (χ0n) is 7.58. The maximum absolute atomic E-state index is 3.15. The summed E-state index contributed by atoms with van der Waals surface area (Å²) in [4.78, 5) is 0. The van der Waals surface area contributed by atoms with Crippen LogP contribution in [0.25, 0.3) is 0 Å². The fraction of sp³-hybridized carbons (Fsp3) is 0.600. The van der Waals surface area contributed by atoms with Gasteiger partial charge in [-0.2, -0.15) is 0 Å². The molecular formula is C10H16. The van der Waals surface area contributed by atoms with Gasteiger partial charge in [-0.1, -0.05) is 17.9 Å². The van der Waals surface area contributed by atoms with Gasteiger partial charge < -0.3 is 0 Å². The topological polar surface area (TPSA) is 0 Å². The highest BCUT2D eigenvalue weighted by molar-refractivity contribution is 5.27. The van der Waals surface area contributed by atoms with Gasteiger partial charge in [0, 0.05) is 5.41 Å². The maximum atomic E-state index is 3.15. The summed E-state index contributed by atoms with van der Waals surface area (Å²) < 4.78 is 0. The van der Waals surface area contributed by atoms with Crippen molar-refractivity contribution in [2.45, 2.75) is 34.6 Å². The van der Waals surface area contributed by atoms with Crippen molar-refractivity contribution >= 4 is 0 Å². The Hall–Kier alpha value is -0.700. The van der Waals surface area contributed by atoms with Crippen molar-refractivity contribution in [1.82, 2.24) is 0 Å². The van der Waals surface area contributed by atoms with E-state index in [-0.39, 0.29) is 5.41 Å². The monoisotopic (exact) mass is 136 g/mol. The molecular weight excluding hydrogens is 120 g/mol. The number of hydrogen-bond acceptors (Lipinski definition) is 0. The third-order valence-corrected chi connectivity index (χ3v) is 1.07. The zero-order valence-corrected chi connectivity index (χ0v) is 7.58. The van der Waals surface area contributed by atoms with Crippen molar-refractivity contribution in [3.8, 4) is 11.8 Å². The maximum Gasteiger partial charge on any atom is 0.0233 e. The van der Waals surface area contributed by atoms with Crippen LogP contribution in [0.5, 0.6) is 0 Å². The van der Waals surface area contributed by atoms with E-state index in [1.54, 1.807) is 0 Å². The molecule has 0 fully saturated rings. The van der Waals surface area contributed by atoms with Crippen molar-refractivity contribution in [2.75, 3.05) is 0 Å². The molecule has 0 heterocycles. The number of hydrogen-bond donors (Lipinski definition) is 0. The van der Waals surface area contributed by atoms with Crippen molar-refractivity contribution in [2.24, 2.45) is 5.41 Å². The van der Waals surface area contributed by atoms with Gasteiger partial charge in [0.15, 0.2) is 0 Å². The largest absolute Gasteiger partial charge is 0.0923 e. The molecule has 0 radical (unpaired) electrons. The first-order valence-corrected chi connectivity index (χ1v) is 3.62. The summed E-state index contributed by atoms with van der Waals surface area (Å²) in [6, 6.07) is 0. The first-order chi connectivity index (χ1) is 4.45. The normalized spacial score (nSPS) is 12.3. The van der Waals surface area contributed by atoms with Crippen LogP contribution in [0.4, 0.5) is 0 Å². The Morgan fingerprint density at radius 3 is 2.10 bits per heavy atom. The SMILES string of the molecule is C/C=C(/C)C#CC(C)(C)C. The third-order valence-electron chi connectivity index (χ3n) is 1.07. The molecule has 0 aliphatic heterocycles. The van der Waals surface area contributed by atoms with Crippen LogP contribution < -0.4 is 0 Å². The van der Waals surface area contributed by atoms with E-state index in [0.717, 1.165) is 5.57 Å². The quantitative estimate of drug-likeness (QED) is 0.449. The third kappa shape index (κ3) is 5.44. The molecule has 0 rings (SSSR count). The highest BCUT2D eigenvalue weighted by Gasteiger charge is 2.02. The van der Waals surface area contributed by atoms with Gasteiger partial charge in [0.05, 0.1) is 0 Å². The summed E-state index contributed by atoms with van der Waals surface area (Å²) in [7, 11) is 0. The summed E-state index contributed by atoms with van der Waals surface area (Å²) in [6.07, 6.45) is 2.03. The Kier molecular flexibility index (Phi) is 3.22. The average molecular weight is 136 g/mol. The highest BCUT2D eigenvalue weighted by atomic mass is 14.1. The molecule has 0 aliphatic carbocycles. The van der Waals surface area contributed by atoms with E-state index in [4.69, 9.17) is 0 Å². The van der Waals surface area contributed by atoms with Crippen LogP contribution in [0.3, 0.4) is 0 Å². The molecule has 0 bridgehead atoms. The van der Waals surface area contributed by atoms with Gasteiger partial charge >= 0.3 is 0 Å². The van der Waals surface area contributed by atoms with Crippen LogP contribution in [0, 0.1) is 17.3 Å². The fourth-order valence-electron chi connectivity index (χ4n) is 0.358. The second-order valence-corrected chi connectivity index (χ2v) is 3.47. The van der Waals surface area contributed by atoms with E-state index >= 15 is 0 Å². The minimum atomic E-state index is 0.129. The standard InChI is InChI=1S/C10H16/c1-6-9(2)7-8-10(3,4)5/h6H,1-5H3/b9-6-. The summed E-state index contributed by atoms with van der Waals surface area (Å²) >= 11 is 0. The lowest BCUT2D eigenvalue weighted by atomic mass is 9.97. The lowest BCUT2D eigenvalue weighted by Crippen LogP contribution is -1.99. The Morgan fingerprint density at radius 2 is 1.80 bits per heavy atom. The molecule has 0 saturated heterocycles. The molecule has 0 aromatic rings. The minimum Gasteiger partial charge on any atom is -0.0923 e. The van der Waals surface area contributed by atoms with Crippen LogP contribution in [0.1, 0.15) is 34.6 Å². The van der Waals surface area contributed by atoms with Crippen LogP contribution in [-0.4, -0.2) is 0 Å². The Morgan fingerprint density at radius 1 is 1.30 bits per heavy atom. The minimum absolute atomic E-state index is 0.129. The van der Waals surface area contributed by atoms with Crippen molar-refractivity contribution in [3.05, 3.63) is 11.6 Å². The highest BCUT2D eigenvalue weighted by Crippen LogP contribution is 2.10. The van der Waals surface area contributed by atoms with E-state index < -0.39 is 0 Å². The van der Waals surface area contributed by atoms with Gasteiger partial charge in [-0.25, -0.2) is 0 Å². The molecule has 0 amide bonds. The van der Waals surface area contributed by atoms with Crippen LogP contribution >= 0.6 is 0 Å². The summed E-state index contributed by atoms with van der Waals surface area (Å²) in [5.41, 5.74) is 1.28. The number of rotatable bonds is 0. The Balaban J connectivity index is 4.19. The molecule has 0 aromatic carbocycles. The lowest BCUT2D eigenvalue weighted by Gasteiger charge is -2.06. The lowest BCUT2D eigenvalue weighted by molar-refractivity contribution is 0.571. The second kappa shape index (κ2) is 3.46. The Labute approximate surface area is 64.3 Å². The predicted molar refractivity (Wildman–Crippen MR) is 46.7 cm³/mol. The summed E-state index contributed by atoms with van der Waals surface area (Å²) in [5.74, 6) is 6.24. The molecule has 0 unspecified atom stereocenters. The zero-order chi connectivity index (χ0) is 8.20. The van der Waals surface area contributed by atoms with Crippen molar-refractivity contribution in [3.63, 3.8) is 0 Å². The smallest absolute Gasteiger partial charge is 0.0233 e. The molecule has 0 saturated carbocycles. The molecule has 0 aromatic heterocycles. The number of allylic oxidation sites excluding steroid dienone is 2. The van der Waals surface area contributed by atoms with Crippen LogP contribution in [-0.2, 0) is 0 Å². The molecule has 0 atom stereocenters. The van der Waals surface area contributed by atoms with Gasteiger partial charge in [-0.3, -0.25) is 0 Å². The van der Waals surface area contributed by atoms with E-state index in [2.05, 4.69) is 32.6 Å². The molecule has 0 N–H and O–H groups in total. The summed E-state index contributed by atoms with van der Waals surface area (Å²) in [5, 5.41) is 0. The van der Waals surface area contributed by atoms with E-state index in [0.29, 0.717) is 0 Å². The van der Waals surface area contributed by atoms with Crippen molar-refractivity contribution in [1.29, 1.82) is 0 Å². The average Bonchev–Trinajstić information content (AvgIpc) is 1.81. The summed E-state index contributed by atoms with van der Waals surface area (Å²) in [6.45, 7) is 10.4. The fourth-order valence-corrected chi connectivity index (χ4v) is 0.358. The van der Waals surface area contributed by atoms with Gasteiger partial charge in [-0.15, -0.1) is 0 Å². The van der Waals surface area contributed by atoms with Crippen LogP contribution in [0.2, 0.25) is 0 Å². The van der Waals surface area contributed by atoms with Crippen LogP contribution in [0.15, 0.2) is 11.6 Å². The van der Waals surface area contributed by atoms with Gasteiger partial charge in [0.25, 0.3) is 0 Å². The predicted octanol–water partition coefficient (Wildman–Crippen LogP) is 3.00. The van der Waals surface area contributed by atoms with E-state index in [9.17, 15) is 0 Å². The second-order valence-electron chi connectivity index (χ2n) is 3.47. The molecule has 0 spiro atoms. The first kappa shape index (κ1) is 9.30. The van der Waals surface area contributed by atoms with Gasteiger partial charge in [0.1, 0.15) is 0 Å². The molecule has 56 valence electrons. The van der Waals surface area contributed by atoms with Crippen molar-refractivity contribution < 1.29 is 0 Å². The van der Waals surface area contributed by atoms with E-state index in [1.165, 1.54) is 0 Å². The van der Waals surface area contributed by atoms with Gasteiger partial charge in [0.2, 0.25) is 0 Å². The van der Waals surface area contributed by atoms with E-state index in [1.807, 2.05) is 19.9 Å². The van der Waals surface area contributed by atoms with Gasteiger partial charge in [-0.05, 0) is 40.2 Å². The molecule has 0 nitrogen and oxygen atoms in total. The molecule has 0 heteroatoms. The molecule has 0 aliphatic rings. The first-order valence-electron chi connectivity index (χ1n) is 3.62. The Bertz CT molecular complexity index is 178.